The first kappa shape index (κ1) is 25.9. The Morgan fingerprint density at radius 3 is 1.31 bits per heavy atom. The lowest BCUT2D eigenvalue weighted by Gasteiger charge is -2.16. The Morgan fingerprint density at radius 1 is 0.611 bits per heavy atom. The number of ether oxygens (including phenoxy) is 2. The highest BCUT2D eigenvalue weighted by Crippen LogP contribution is 2.42. The van der Waals surface area contributed by atoms with Gasteiger partial charge < -0.3 is 20.9 Å². The Kier molecular flexibility index (Phi) is 7.81. The molecule has 0 saturated heterocycles. The Labute approximate surface area is 221 Å². The van der Waals surface area contributed by atoms with Gasteiger partial charge in [-0.1, -0.05) is 59.6 Å². The van der Waals surface area contributed by atoms with Crippen molar-refractivity contribution in [1.29, 1.82) is 0 Å². The molecule has 4 rings (SSSR count). The summed E-state index contributed by atoms with van der Waals surface area (Å²) >= 11 is 13.9. The smallest absolute Gasteiger partial charge is 0.218 e. The maximum Gasteiger partial charge on any atom is 0.218 e. The molecule has 0 saturated carbocycles. The van der Waals surface area contributed by atoms with Crippen LogP contribution in [0, 0.1) is 0 Å². The zero-order valence-electron chi connectivity index (χ0n) is 20.5. The van der Waals surface area contributed by atoms with Crippen LogP contribution in [-0.4, -0.2) is 24.2 Å². The second-order valence-electron chi connectivity index (χ2n) is 8.50. The summed E-state index contributed by atoms with van der Waals surface area (Å²) in [6.07, 6.45) is 0. The summed E-state index contributed by atoms with van der Waals surface area (Å²) in [6, 6.07) is 18.7. The highest BCUT2D eigenvalue weighted by atomic mass is 35.5. The molecule has 0 unspecified atom stereocenters. The van der Waals surface area contributed by atoms with Crippen LogP contribution in [0.25, 0.3) is 33.6 Å². The molecule has 6 nitrogen and oxygen atoms in total. The van der Waals surface area contributed by atoms with Gasteiger partial charge >= 0.3 is 0 Å². The predicted octanol–water partition coefficient (Wildman–Crippen LogP) is 6.84. The van der Waals surface area contributed by atoms with Crippen molar-refractivity contribution < 1.29 is 9.47 Å². The Hall–Kier alpha value is -3.16. The first-order chi connectivity index (χ1) is 17.3. The van der Waals surface area contributed by atoms with Gasteiger partial charge in [0, 0.05) is 45.5 Å². The minimum Gasteiger partial charge on any atom is -0.481 e. The molecule has 0 spiro atoms. The maximum absolute atomic E-state index is 6.94. The van der Waals surface area contributed by atoms with E-state index in [1.54, 1.807) is 14.2 Å². The summed E-state index contributed by atoms with van der Waals surface area (Å²) in [6.45, 7) is 3.77. The molecule has 4 aromatic rings. The highest BCUT2D eigenvalue weighted by Gasteiger charge is 2.19. The van der Waals surface area contributed by atoms with Gasteiger partial charge in [-0.15, -0.1) is 0 Å². The summed E-state index contributed by atoms with van der Waals surface area (Å²) in [5.74, 6) is 0.943. The molecule has 0 amide bonds. The van der Waals surface area contributed by atoms with Crippen LogP contribution in [0.4, 0.5) is 0 Å². The van der Waals surface area contributed by atoms with E-state index >= 15 is 0 Å². The lowest BCUT2D eigenvalue weighted by molar-refractivity contribution is 0.390. The monoisotopic (exact) mass is 522 g/mol. The average Bonchev–Trinajstić information content (AvgIpc) is 2.88. The van der Waals surface area contributed by atoms with Crippen LogP contribution >= 0.6 is 23.2 Å². The minimum absolute atomic E-state index is 0.209. The fourth-order valence-electron chi connectivity index (χ4n) is 4.10. The van der Waals surface area contributed by atoms with E-state index < -0.39 is 0 Å². The standard InChI is InChI=1S/C28H28Cl2N4O2/c1-15(31)17-11-13-23(33-27(17)35-3)21-9-5-7-19(25(21)29)20-8-6-10-22(26(20)30)24-14-12-18(16(2)32)28(34-24)36-4/h5-16H,31-32H2,1-4H3/t15-,16-/m0/s1. The number of rotatable bonds is 7. The van der Waals surface area contributed by atoms with Crippen molar-refractivity contribution in [2.24, 2.45) is 11.5 Å². The summed E-state index contributed by atoms with van der Waals surface area (Å²) in [5.41, 5.74) is 18.2. The highest BCUT2D eigenvalue weighted by molar-refractivity contribution is 6.39. The number of hydrogen-bond donors (Lipinski definition) is 2. The lowest BCUT2D eigenvalue weighted by Crippen LogP contribution is -2.08. The minimum atomic E-state index is -0.209. The van der Waals surface area contributed by atoms with Crippen LogP contribution in [0.3, 0.4) is 0 Å². The zero-order chi connectivity index (χ0) is 26.0. The van der Waals surface area contributed by atoms with E-state index in [0.717, 1.165) is 33.4 Å². The molecule has 8 heteroatoms. The third-order valence-electron chi connectivity index (χ3n) is 5.99. The number of hydrogen-bond acceptors (Lipinski definition) is 6. The van der Waals surface area contributed by atoms with Crippen LogP contribution in [0.15, 0.2) is 60.7 Å². The number of pyridine rings is 2. The van der Waals surface area contributed by atoms with Gasteiger partial charge in [-0.05, 0) is 38.1 Å². The quantitative estimate of drug-likeness (QED) is 0.275. The van der Waals surface area contributed by atoms with Crippen LogP contribution in [0.5, 0.6) is 11.8 Å². The molecule has 4 N–H and O–H groups in total. The molecule has 2 aromatic heterocycles. The van der Waals surface area contributed by atoms with Crippen LogP contribution in [-0.2, 0) is 0 Å². The van der Waals surface area contributed by atoms with Crippen molar-refractivity contribution in [2.75, 3.05) is 14.2 Å². The number of aromatic nitrogens is 2. The van der Waals surface area contributed by atoms with Crippen molar-refractivity contribution in [3.05, 3.63) is 81.8 Å². The van der Waals surface area contributed by atoms with Crippen LogP contribution < -0.4 is 20.9 Å². The van der Waals surface area contributed by atoms with E-state index in [1.165, 1.54) is 0 Å². The second kappa shape index (κ2) is 10.8. The van der Waals surface area contributed by atoms with Crippen molar-refractivity contribution in [3.8, 4) is 45.4 Å². The lowest BCUT2D eigenvalue weighted by atomic mass is 9.97. The van der Waals surface area contributed by atoms with E-state index in [-0.39, 0.29) is 12.1 Å². The van der Waals surface area contributed by atoms with Crippen molar-refractivity contribution in [3.63, 3.8) is 0 Å². The summed E-state index contributed by atoms with van der Waals surface area (Å²) in [7, 11) is 3.15. The first-order valence-corrected chi connectivity index (χ1v) is 12.2. The van der Waals surface area contributed by atoms with E-state index in [1.807, 2.05) is 74.5 Å². The predicted molar refractivity (Wildman–Crippen MR) is 147 cm³/mol. The van der Waals surface area contributed by atoms with Gasteiger partial charge in [0.15, 0.2) is 0 Å². The normalized spacial score (nSPS) is 12.8. The molecular formula is C28H28Cl2N4O2. The molecule has 0 aliphatic heterocycles. The van der Waals surface area contributed by atoms with Gasteiger partial charge in [0.2, 0.25) is 11.8 Å². The van der Waals surface area contributed by atoms with Crippen molar-refractivity contribution in [1.82, 2.24) is 9.97 Å². The molecule has 2 aromatic carbocycles. The molecule has 36 heavy (non-hydrogen) atoms. The molecule has 2 atom stereocenters. The van der Waals surface area contributed by atoms with Crippen LogP contribution in [0.1, 0.15) is 37.1 Å². The molecule has 186 valence electrons. The number of nitrogens with zero attached hydrogens (tertiary/aromatic N) is 2. The molecule has 0 fully saturated rings. The maximum atomic E-state index is 6.94. The van der Waals surface area contributed by atoms with Crippen molar-refractivity contribution >= 4 is 23.2 Å². The van der Waals surface area contributed by atoms with E-state index in [0.29, 0.717) is 33.2 Å². The Balaban J connectivity index is 1.81. The molecule has 0 radical (unpaired) electrons. The third-order valence-corrected chi connectivity index (χ3v) is 6.80. The van der Waals surface area contributed by atoms with Gasteiger partial charge in [0.05, 0.1) is 35.7 Å². The van der Waals surface area contributed by atoms with Gasteiger partial charge in [-0.25, -0.2) is 9.97 Å². The Morgan fingerprint density at radius 2 is 0.972 bits per heavy atom. The molecular weight excluding hydrogens is 495 g/mol. The fraction of sp³-hybridized carbons (Fsp3) is 0.214. The molecule has 0 bridgehead atoms. The topological polar surface area (TPSA) is 96.3 Å². The Bertz CT molecular complexity index is 1300. The third kappa shape index (κ3) is 4.90. The van der Waals surface area contributed by atoms with Gasteiger partial charge in [-0.3, -0.25) is 0 Å². The van der Waals surface area contributed by atoms with Crippen LogP contribution in [0.2, 0.25) is 10.0 Å². The van der Waals surface area contributed by atoms with Gasteiger partial charge in [-0.2, -0.15) is 0 Å². The average molecular weight is 523 g/mol. The summed E-state index contributed by atoms with van der Waals surface area (Å²) in [5, 5.41) is 1.05. The first-order valence-electron chi connectivity index (χ1n) is 11.5. The number of benzene rings is 2. The molecule has 0 aliphatic rings. The fourth-order valence-corrected chi connectivity index (χ4v) is 4.75. The molecule has 0 aliphatic carbocycles. The SMILES string of the molecule is COc1nc(-c2cccc(-c3cccc(-c4ccc([C@H](C)N)c(OC)n4)c3Cl)c2Cl)ccc1[C@H](C)N. The second-order valence-corrected chi connectivity index (χ2v) is 9.26. The summed E-state index contributed by atoms with van der Waals surface area (Å²) in [4.78, 5) is 9.31. The summed E-state index contributed by atoms with van der Waals surface area (Å²) < 4.78 is 10.9. The number of halogens is 2. The van der Waals surface area contributed by atoms with Gasteiger partial charge in [0.25, 0.3) is 0 Å². The van der Waals surface area contributed by atoms with E-state index in [4.69, 9.17) is 44.1 Å². The van der Waals surface area contributed by atoms with Gasteiger partial charge in [0.1, 0.15) is 0 Å². The number of methoxy groups -OCH3 is 2. The molecule has 2 heterocycles. The van der Waals surface area contributed by atoms with Crippen molar-refractivity contribution in [2.45, 2.75) is 25.9 Å². The van der Waals surface area contributed by atoms with E-state index in [2.05, 4.69) is 9.97 Å². The largest absolute Gasteiger partial charge is 0.481 e. The van der Waals surface area contributed by atoms with E-state index in [9.17, 15) is 0 Å². The number of nitrogens with two attached hydrogens (primary N) is 2. The zero-order valence-corrected chi connectivity index (χ0v) is 22.1.